The van der Waals surface area contributed by atoms with E-state index in [2.05, 4.69) is 75.1 Å². The molecule has 0 saturated carbocycles. The van der Waals surface area contributed by atoms with E-state index in [9.17, 15) is 0 Å². The summed E-state index contributed by atoms with van der Waals surface area (Å²) in [6, 6.07) is 19.4. The molecule has 2 unspecified atom stereocenters. The van der Waals surface area contributed by atoms with Crippen molar-refractivity contribution in [3.63, 3.8) is 0 Å². The number of benzene rings is 2. The van der Waals surface area contributed by atoms with Gasteiger partial charge in [-0.2, -0.15) is 0 Å². The van der Waals surface area contributed by atoms with Crippen molar-refractivity contribution in [2.45, 2.75) is 16.0 Å². The van der Waals surface area contributed by atoms with E-state index in [-0.39, 0.29) is 0 Å². The molecule has 20 heavy (non-hydrogen) atoms. The summed E-state index contributed by atoms with van der Waals surface area (Å²) in [5.41, 5.74) is 3.63. The average molecular weight is 345 g/mol. The smallest absolute Gasteiger partial charge is 0.169 e. The van der Waals surface area contributed by atoms with Crippen LogP contribution in [0.15, 0.2) is 59.8 Å². The van der Waals surface area contributed by atoms with Crippen LogP contribution in [0, 0.1) is 0 Å². The molecule has 1 aromatic heterocycles. The highest BCUT2D eigenvalue weighted by molar-refractivity contribution is 9.09. The Hall–Kier alpha value is -1.26. The maximum absolute atomic E-state index is 4.77. The quantitative estimate of drug-likeness (QED) is 0.605. The van der Waals surface area contributed by atoms with Crippen molar-refractivity contribution in [3.05, 3.63) is 60.2 Å². The summed E-state index contributed by atoms with van der Waals surface area (Å²) in [5, 5.41) is 1.12. The first-order valence-electron chi connectivity index (χ1n) is 6.63. The molecule has 1 aliphatic rings. The molecule has 0 N–H and O–H groups in total. The van der Waals surface area contributed by atoms with Crippen LogP contribution in [0.4, 0.5) is 0 Å². The van der Waals surface area contributed by atoms with Gasteiger partial charge in [0.2, 0.25) is 0 Å². The Morgan fingerprint density at radius 2 is 1.80 bits per heavy atom. The molecule has 0 saturated heterocycles. The Morgan fingerprint density at radius 3 is 2.65 bits per heavy atom. The van der Waals surface area contributed by atoms with E-state index in [1.54, 1.807) is 0 Å². The third-order valence-electron chi connectivity index (χ3n) is 3.70. The van der Waals surface area contributed by atoms with Gasteiger partial charge in [-0.15, -0.1) is 0 Å². The lowest BCUT2D eigenvalue weighted by molar-refractivity contribution is 0.544. The Balaban J connectivity index is 1.97. The fraction of sp³-hybridized carbons (Fsp3) is 0.188. The summed E-state index contributed by atoms with van der Waals surface area (Å²) < 4.78 is 2.37. The van der Waals surface area contributed by atoms with E-state index < -0.39 is 0 Å². The minimum absolute atomic E-state index is 0.305. The van der Waals surface area contributed by atoms with Gasteiger partial charge in [-0.1, -0.05) is 70.2 Å². The molecule has 0 spiro atoms. The normalized spacial score (nSPS) is 21.9. The summed E-state index contributed by atoms with van der Waals surface area (Å²) in [6.45, 7) is 0. The van der Waals surface area contributed by atoms with Crippen LogP contribution in [0.2, 0.25) is 0 Å². The van der Waals surface area contributed by atoms with Crippen LogP contribution in [0.25, 0.3) is 11.0 Å². The van der Waals surface area contributed by atoms with Gasteiger partial charge in [0.15, 0.2) is 5.16 Å². The lowest BCUT2D eigenvalue weighted by Gasteiger charge is -2.30. The summed E-state index contributed by atoms with van der Waals surface area (Å²) in [5.74, 6) is 1.04. The number of alkyl halides is 1. The van der Waals surface area contributed by atoms with Crippen molar-refractivity contribution >= 4 is 38.7 Å². The van der Waals surface area contributed by atoms with Crippen LogP contribution in [0.3, 0.4) is 0 Å². The Bertz CT molecular complexity index is 754. The zero-order chi connectivity index (χ0) is 13.5. The van der Waals surface area contributed by atoms with E-state index in [1.165, 1.54) is 11.1 Å². The molecule has 100 valence electrons. The third kappa shape index (κ3) is 1.90. The molecule has 0 amide bonds. The predicted octanol–water partition coefficient (Wildman–Crippen LogP) is 4.49. The number of thioether (sulfide) groups is 1. The van der Waals surface area contributed by atoms with E-state index in [0.717, 1.165) is 16.4 Å². The highest BCUT2D eigenvalue weighted by Gasteiger charge is 2.31. The SMILES string of the molecule is BrC1CSc2nc3ccccc3n2C1c1ccccc1. The number of hydrogen-bond acceptors (Lipinski definition) is 2. The molecule has 4 rings (SSSR count). The summed E-state index contributed by atoms with van der Waals surface area (Å²) in [4.78, 5) is 5.19. The minimum Gasteiger partial charge on any atom is -0.310 e. The number of para-hydroxylation sites is 2. The average Bonchev–Trinajstić information content (AvgIpc) is 2.87. The Morgan fingerprint density at radius 1 is 1.05 bits per heavy atom. The maximum Gasteiger partial charge on any atom is 0.169 e. The van der Waals surface area contributed by atoms with Crippen LogP contribution in [-0.2, 0) is 0 Å². The van der Waals surface area contributed by atoms with Gasteiger partial charge in [0, 0.05) is 10.6 Å². The first-order chi connectivity index (χ1) is 9.84. The standard InChI is InChI=1S/C16H13BrN2S/c17-12-10-20-16-18-13-8-4-5-9-14(13)19(16)15(12)11-6-2-1-3-7-11/h1-9,12,15H,10H2. The second-order valence-corrected chi connectivity index (χ2v) is 7.10. The maximum atomic E-state index is 4.77. The molecule has 2 nitrogen and oxygen atoms in total. The molecule has 2 aromatic carbocycles. The van der Waals surface area contributed by atoms with Gasteiger partial charge in [-0.3, -0.25) is 0 Å². The van der Waals surface area contributed by atoms with Crippen molar-refractivity contribution in [1.82, 2.24) is 9.55 Å². The molecule has 4 heteroatoms. The summed E-state index contributed by atoms with van der Waals surface area (Å²) in [7, 11) is 0. The van der Waals surface area contributed by atoms with Gasteiger partial charge < -0.3 is 4.57 Å². The molecule has 1 aliphatic heterocycles. The van der Waals surface area contributed by atoms with Gasteiger partial charge in [-0.05, 0) is 17.7 Å². The van der Waals surface area contributed by atoms with Crippen molar-refractivity contribution in [2.75, 3.05) is 5.75 Å². The van der Waals surface area contributed by atoms with E-state index in [0.29, 0.717) is 10.9 Å². The second kappa shape index (κ2) is 4.93. The molecular formula is C16H13BrN2S. The second-order valence-electron chi connectivity index (χ2n) is 4.94. The van der Waals surface area contributed by atoms with Gasteiger partial charge in [0.1, 0.15) is 0 Å². The van der Waals surface area contributed by atoms with Crippen molar-refractivity contribution < 1.29 is 0 Å². The highest BCUT2D eigenvalue weighted by atomic mass is 79.9. The molecule has 2 atom stereocenters. The van der Waals surface area contributed by atoms with E-state index >= 15 is 0 Å². The number of hydrogen-bond donors (Lipinski definition) is 0. The molecule has 3 aromatic rings. The third-order valence-corrected chi connectivity index (χ3v) is 6.02. The highest BCUT2D eigenvalue weighted by Crippen LogP contribution is 2.41. The van der Waals surface area contributed by atoms with Gasteiger partial charge >= 0.3 is 0 Å². The summed E-state index contributed by atoms with van der Waals surface area (Å²) in [6.07, 6.45) is 0. The number of halogens is 1. The fourth-order valence-electron chi connectivity index (χ4n) is 2.81. The predicted molar refractivity (Wildman–Crippen MR) is 87.8 cm³/mol. The topological polar surface area (TPSA) is 17.8 Å². The summed E-state index contributed by atoms with van der Waals surface area (Å²) >= 11 is 5.69. The molecule has 2 heterocycles. The largest absolute Gasteiger partial charge is 0.310 e. The fourth-order valence-corrected chi connectivity index (χ4v) is 4.75. The van der Waals surface area contributed by atoms with Gasteiger partial charge in [0.05, 0.1) is 17.1 Å². The zero-order valence-electron chi connectivity index (χ0n) is 10.7. The monoisotopic (exact) mass is 344 g/mol. The zero-order valence-corrected chi connectivity index (χ0v) is 13.1. The van der Waals surface area contributed by atoms with Gasteiger partial charge in [-0.25, -0.2) is 4.98 Å². The van der Waals surface area contributed by atoms with Crippen molar-refractivity contribution in [1.29, 1.82) is 0 Å². The molecule has 0 bridgehead atoms. The number of nitrogens with zero attached hydrogens (tertiary/aromatic N) is 2. The van der Waals surface area contributed by atoms with Gasteiger partial charge in [0.25, 0.3) is 0 Å². The van der Waals surface area contributed by atoms with Crippen LogP contribution < -0.4 is 0 Å². The molecule has 0 aliphatic carbocycles. The van der Waals surface area contributed by atoms with E-state index in [1.807, 2.05) is 11.8 Å². The van der Waals surface area contributed by atoms with Crippen LogP contribution in [0.1, 0.15) is 11.6 Å². The number of imidazole rings is 1. The lowest BCUT2D eigenvalue weighted by atomic mass is 10.0. The number of aromatic nitrogens is 2. The molecular weight excluding hydrogens is 332 g/mol. The molecule has 0 radical (unpaired) electrons. The van der Waals surface area contributed by atoms with Crippen molar-refractivity contribution in [2.24, 2.45) is 0 Å². The van der Waals surface area contributed by atoms with E-state index in [4.69, 9.17) is 4.98 Å². The van der Waals surface area contributed by atoms with Crippen LogP contribution in [0.5, 0.6) is 0 Å². The molecule has 0 fully saturated rings. The number of rotatable bonds is 1. The Labute approximate surface area is 130 Å². The van der Waals surface area contributed by atoms with Crippen LogP contribution in [-0.4, -0.2) is 20.1 Å². The van der Waals surface area contributed by atoms with Crippen molar-refractivity contribution in [3.8, 4) is 0 Å². The minimum atomic E-state index is 0.305. The van der Waals surface area contributed by atoms with Crippen LogP contribution >= 0.6 is 27.7 Å². The first-order valence-corrected chi connectivity index (χ1v) is 8.53. The Kier molecular flexibility index (Phi) is 3.08. The number of fused-ring (bicyclic) bond motifs is 3. The first kappa shape index (κ1) is 12.5. The lowest BCUT2D eigenvalue weighted by Crippen LogP contribution is -2.27.